The molecule has 1 atom stereocenters. The average Bonchev–Trinajstić information content (AvgIpc) is 2.43. The molecule has 3 nitrogen and oxygen atoms in total. The van der Waals surface area contributed by atoms with Crippen molar-refractivity contribution in [3.05, 3.63) is 48.0 Å². The molecular weight excluding hydrogens is 226 g/mol. The van der Waals surface area contributed by atoms with Crippen LogP contribution in [0.25, 0.3) is 10.8 Å². The molecule has 0 radical (unpaired) electrons. The maximum atomic E-state index is 11.1. The molecule has 2 N–H and O–H groups in total. The summed E-state index contributed by atoms with van der Waals surface area (Å²) in [6.45, 7) is 0. The number of ether oxygens (including phenoxy) is 1. The van der Waals surface area contributed by atoms with Crippen molar-refractivity contribution < 1.29 is 9.53 Å². The fourth-order valence-corrected chi connectivity index (χ4v) is 1.98. The molecule has 0 heterocycles. The van der Waals surface area contributed by atoms with Gasteiger partial charge in [0.2, 0.25) is 0 Å². The number of nitrogens with two attached hydrogens (primary N) is 1. The SMILES string of the molecule is COC(=O)CC[C@H](N)c1ccc2ccccc2c1. The van der Waals surface area contributed by atoms with Crippen molar-refractivity contribution in [2.45, 2.75) is 18.9 Å². The summed E-state index contributed by atoms with van der Waals surface area (Å²) in [7, 11) is 1.39. The second-order valence-electron chi connectivity index (χ2n) is 4.33. The predicted molar refractivity (Wildman–Crippen MR) is 72.1 cm³/mol. The van der Waals surface area contributed by atoms with Gasteiger partial charge in [0, 0.05) is 12.5 Å². The Bertz CT molecular complexity index is 551. The Hall–Kier alpha value is -1.87. The first-order valence-electron chi connectivity index (χ1n) is 6.02. The van der Waals surface area contributed by atoms with Gasteiger partial charge >= 0.3 is 5.97 Å². The zero-order valence-electron chi connectivity index (χ0n) is 10.4. The fourth-order valence-electron chi connectivity index (χ4n) is 1.98. The molecule has 0 aromatic heterocycles. The largest absolute Gasteiger partial charge is 0.469 e. The molecule has 0 amide bonds. The van der Waals surface area contributed by atoms with E-state index < -0.39 is 0 Å². The maximum Gasteiger partial charge on any atom is 0.305 e. The summed E-state index contributed by atoms with van der Waals surface area (Å²) >= 11 is 0. The smallest absolute Gasteiger partial charge is 0.305 e. The third-order valence-electron chi connectivity index (χ3n) is 3.09. The number of methoxy groups -OCH3 is 1. The summed E-state index contributed by atoms with van der Waals surface area (Å²) in [5.74, 6) is -0.216. The van der Waals surface area contributed by atoms with E-state index in [2.05, 4.69) is 29.0 Å². The second-order valence-corrected chi connectivity index (χ2v) is 4.33. The van der Waals surface area contributed by atoms with Gasteiger partial charge in [0.25, 0.3) is 0 Å². The average molecular weight is 243 g/mol. The zero-order chi connectivity index (χ0) is 13.0. The van der Waals surface area contributed by atoms with Crippen LogP contribution in [0.5, 0.6) is 0 Å². The Morgan fingerprint density at radius 3 is 2.67 bits per heavy atom. The van der Waals surface area contributed by atoms with E-state index in [1.807, 2.05) is 18.2 Å². The summed E-state index contributed by atoms with van der Waals surface area (Å²) in [4.78, 5) is 11.1. The molecule has 3 heteroatoms. The van der Waals surface area contributed by atoms with Crippen molar-refractivity contribution in [3.63, 3.8) is 0 Å². The first-order chi connectivity index (χ1) is 8.70. The molecule has 2 aromatic rings. The van der Waals surface area contributed by atoms with Crippen LogP contribution in [-0.4, -0.2) is 13.1 Å². The van der Waals surface area contributed by atoms with Gasteiger partial charge in [-0.15, -0.1) is 0 Å². The fraction of sp³-hybridized carbons (Fsp3) is 0.267. The van der Waals surface area contributed by atoms with Gasteiger partial charge in [-0.2, -0.15) is 0 Å². The van der Waals surface area contributed by atoms with Crippen LogP contribution in [-0.2, 0) is 9.53 Å². The van der Waals surface area contributed by atoms with Crippen LogP contribution in [0.3, 0.4) is 0 Å². The van der Waals surface area contributed by atoms with Gasteiger partial charge in [0.1, 0.15) is 0 Å². The molecule has 0 bridgehead atoms. The standard InChI is InChI=1S/C15H17NO2/c1-18-15(17)9-8-14(16)13-7-6-11-4-2-3-5-12(11)10-13/h2-7,10,14H,8-9,16H2,1H3/t14-/m0/s1. The van der Waals surface area contributed by atoms with Crippen LogP contribution in [0, 0.1) is 0 Å². The minimum Gasteiger partial charge on any atom is -0.469 e. The van der Waals surface area contributed by atoms with Gasteiger partial charge in [0.05, 0.1) is 7.11 Å². The van der Waals surface area contributed by atoms with Gasteiger partial charge in [-0.25, -0.2) is 0 Å². The van der Waals surface area contributed by atoms with Crippen LogP contribution >= 0.6 is 0 Å². The first kappa shape index (κ1) is 12.6. The van der Waals surface area contributed by atoms with E-state index >= 15 is 0 Å². The number of benzene rings is 2. The maximum absolute atomic E-state index is 11.1. The van der Waals surface area contributed by atoms with E-state index in [1.165, 1.54) is 17.9 Å². The molecule has 2 aromatic carbocycles. The van der Waals surface area contributed by atoms with Crippen molar-refractivity contribution in [3.8, 4) is 0 Å². The molecule has 18 heavy (non-hydrogen) atoms. The highest BCUT2D eigenvalue weighted by molar-refractivity contribution is 5.83. The lowest BCUT2D eigenvalue weighted by Gasteiger charge is -2.12. The molecule has 0 unspecified atom stereocenters. The predicted octanol–water partition coefficient (Wildman–Crippen LogP) is 2.79. The third kappa shape index (κ3) is 2.87. The number of esters is 1. The molecule has 0 aliphatic heterocycles. The van der Waals surface area contributed by atoms with Crippen LogP contribution in [0.4, 0.5) is 0 Å². The Kier molecular flexibility index (Phi) is 3.95. The first-order valence-corrected chi connectivity index (χ1v) is 6.02. The van der Waals surface area contributed by atoms with Gasteiger partial charge < -0.3 is 10.5 Å². The van der Waals surface area contributed by atoms with E-state index in [0.717, 1.165) is 5.56 Å². The van der Waals surface area contributed by atoms with Crippen LogP contribution in [0.1, 0.15) is 24.4 Å². The highest BCUT2D eigenvalue weighted by atomic mass is 16.5. The molecule has 94 valence electrons. The van der Waals surface area contributed by atoms with E-state index in [0.29, 0.717) is 12.8 Å². The third-order valence-corrected chi connectivity index (χ3v) is 3.09. The zero-order valence-corrected chi connectivity index (χ0v) is 10.4. The van der Waals surface area contributed by atoms with Gasteiger partial charge in [0.15, 0.2) is 0 Å². The quantitative estimate of drug-likeness (QED) is 0.840. The summed E-state index contributed by atoms with van der Waals surface area (Å²) in [5.41, 5.74) is 7.13. The van der Waals surface area contributed by atoms with E-state index in [9.17, 15) is 4.79 Å². The molecule has 2 rings (SSSR count). The number of carbonyl (C=O) groups excluding carboxylic acids is 1. The van der Waals surface area contributed by atoms with Crippen molar-refractivity contribution >= 4 is 16.7 Å². The van der Waals surface area contributed by atoms with Crippen molar-refractivity contribution in [1.82, 2.24) is 0 Å². The lowest BCUT2D eigenvalue weighted by atomic mass is 9.99. The molecular formula is C15H17NO2. The number of carbonyl (C=O) groups is 1. The van der Waals surface area contributed by atoms with Crippen LogP contribution < -0.4 is 5.73 Å². The van der Waals surface area contributed by atoms with E-state index in [-0.39, 0.29) is 12.0 Å². The van der Waals surface area contributed by atoms with E-state index in [1.54, 1.807) is 0 Å². The van der Waals surface area contributed by atoms with Gasteiger partial charge in [-0.05, 0) is 28.8 Å². The summed E-state index contributed by atoms with van der Waals surface area (Å²) in [6.07, 6.45) is 0.954. The van der Waals surface area contributed by atoms with Crippen molar-refractivity contribution in [2.24, 2.45) is 5.73 Å². The highest BCUT2D eigenvalue weighted by Gasteiger charge is 2.09. The minimum absolute atomic E-state index is 0.131. The molecule has 0 saturated heterocycles. The Morgan fingerprint density at radius 1 is 1.22 bits per heavy atom. The number of hydrogen-bond acceptors (Lipinski definition) is 3. The lowest BCUT2D eigenvalue weighted by molar-refractivity contribution is -0.140. The second kappa shape index (κ2) is 5.65. The van der Waals surface area contributed by atoms with Crippen LogP contribution in [0.2, 0.25) is 0 Å². The molecule has 0 aliphatic rings. The Labute approximate surface area is 107 Å². The van der Waals surface area contributed by atoms with Crippen molar-refractivity contribution in [1.29, 1.82) is 0 Å². The summed E-state index contributed by atoms with van der Waals surface area (Å²) < 4.78 is 4.61. The Balaban J connectivity index is 2.12. The van der Waals surface area contributed by atoms with Gasteiger partial charge in [-0.3, -0.25) is 4.79 Å². The summed E-state index contributed by atoms with van der Waals surface area (Å²) in [6, 6.07) is 14.2. The topological polar surface area (TPSA) is 52.3 Å². The van der Waals surface area contributed by atoms with E-state index in [4.69, 9.17) is 5.73 Å². The monoisotopic (exact) mass is 243 g/mol. The minimum atomic E-state index is -0.216. The van der Waals surface area contributed by atoms with Crippen LogP contribution in [0.15, 0.2) is 42.5 Å². The molecule has 0 aliphatic carbocycles. The number of rotatable bonds is 4. The highest BCUT2D eigenvalue weighted by Crippen LogP contribution is 2.21. The number of fused-ring (bicyclic) bond motifs is 1. The molecule has 0 saturated carbocycles. The summed E-state index contributed by atoms with van der Waals surface area (Å²) in [5, 5.41) is 2.37. The van der Waals surface area contributed by atoms with Crippen molar-refractivity contribution in [2.75, 3.05) is 7.11 Å². The molecule has 0 fully saturated rings. The Morgan fingerprint density at radius 2 is 1.94 bits per heavy atom. The van der Waals surface area contributed by atoms with Gasteiger partial charge in [-0.1, -0.05) is 36.4 Å². The molecule has 0 spiro atoms. The lowest BCUT2D eigenvalue weighted by Crippen LogP contribution is -2.12. The number of hydrogen-bond donors (Lipinski definition) is 1. The normalized spacial score (nSPS) is 12.3.